The highest BCUT2D eigenvalue weighted by atomic mass is 15.0. The molecule has 0 aliphatic heterocycles. The Labute approximate surface area is 102 Å². The van der Waals surface area contributed by atoms with Gasteiger partial charge in [0, 0.05) is 23.4 Å². The average Bonchev–Trinajstić information content (AvgIpc) is 2.29. The number of benzene rings is 1. The molecule has 0 bridgehead atoms. The Bertz CT molecular complexity index is 492. The number of aromatic nitrogens is 2. The summed E-state index contributed by atoms with van der Waals surface area (Å²) in [6.07, 6.45) is 0. The monoisotopic (exact) mass is 227 g/mol. The number of hydrogen-bond acceptors (Lipinski definition) is 3. The van der Waals surface area contributed by atoms with Crippen molar-refractivity contribution in [1.82, 2.24) is 9.97 Å². The molecule has 1 aromatic carbocycles. The third kappa shape index (κ3) is 3.03. The SMILES string of the molecule is Cc1cc(Nc2ccccc2)nc(C(C)C)n1. The molecular weight excluding hydrogens is 210 g/mol. The first-order chi connectivity index (χ1) is 8.15. The van der Waals surface area contributed by atoms with Gasteiger partial charge in [0.05, 0.1) is 0 Å². The molecule has 0 radical (unpaired) electrons. The fourth-order valence-corrected chi connectivity index (χ4v) is 1.58. The molecule has 0 spiro atoms. The van der Waals surface area contributed by atoms with Crippen LogP contribution in [0.2, 0.25) is 0 Å². The van der Waals surface area contributed by atoms with Gasteiger partial charge < -0.3 is 5.32 Å². The number of nitrogens with zero attached hydrogens (tertiary/aromatic N) is 2. The van der Waals surface area contributed by atoms with E-state index in [4.69, 9.17) is 0 Å². The van der Waals surface area contributed by atoms with E-state index in [1.165, 1.54) is 0 Å². The zero-order chi connectivity index (χ0) is 12.3. The van der Waals surface area contributed by atoms with E-state index in [9.17, 15) is 0 Å². The Balaban J connectivity index is 2.27. The first-order valence-corrected chi connectivity index (χ1v) is 5.83. The lowest BCUT2D eigenvalue weighted by Crippen LogP contribution is -2.03. The van der Waals surface area contributed by atoms with Gasteiger partial charge in [-0.2, -0.15) is 0 Å². The van der Waals surface area contributed by atoms with Crippen LogP contribution in [0.15, 0.2) is 36.4 Å². The molecule has 1 N–H and O–H groups in total. The van der Waals surface area contributed by atoms with Gasteiger partial charge in [-0.05, 0) is 19.1 Å². The van der Waals surface area contributed by atoms with Crippen LogP contribution in [0.5, 0.6) is 0 Å². The normalized spacial score (nSPS) is 10.6. The third-order valence-electron chi connectivity index (χ3n) is 2.43. The van der Waals surface area contributed by atoms with Crippen LogP contribution < -0.4 is 5.32 Å². The van der Waals surface area contributed by atoms with Crippen LogP contribution in [0.4, 0.5) is 11.5 Å². The average molecular weight is 227 g/mol. The highest BCUT2D eigenvalue weighted by Crippen LogP contribution is 2.17. The Morgan fingerprint density at radius 2 is 1.76 bits per heavy atom. The summed E-state index contributed by atoms with van der Waals surface area (Å²) >= 11 is 0. The van der Waals surface area contributed by atoms with Gasteiger partial charge in [-0.3, -0.25) is 0 Å². The molecule has 2 rings (SSSR count). The lowest BCUT2D eigenvalue weighted by atomic mass is 10.2. The van der Waals surface area contributed by atoms with E-state index in [1.807, 2.05) is 43.3 Å². The zero-order valence-electron chi connectivity index (χ0n) is 10.4. The van der Waals surface area contributed by atoms with Crippen LogP contribution in [-0.4, -0.2) is 9.97 Å². The van der Waals surface area contributed by atoms with Crippen LogP contribution in [0, 0.1) is 6.92 Å². The second-order valence-corrected chi connectivity index (χ2v) is 4.40. The molecule has 0 unspecified atom stereocenters. The van der Waals surface area contributed by atoms with Crippen LogP contribution in [-0.2, 0) is 0 Å². The Kier molecular flexibility index (Phi) is 3.38. The summed E-state index contributed by atoms with van der Waals surface area (Å²) in [5.74, 6) is 2.07. The first kappa shape index (κ1) is 11.6. The number of nitrogens with one attached hydrogen (secondary N) is 1. The quantitative estimate of drug-likeness (QED) is 0.869. The molecule has 0 fully saturated rings. The number of hydrogen-bond donors (Lipinski definition) is 1. The highest BCUT2D eigenvalue weighted by molar-refractivity contribution is 5.55. The Morgan fingerprint density at radius 1 is 1.06 bits per heavy atom. The van der Waals surface area contributed by atoms with Crippen LogP contribution in [0.25, 0.3) is 0 Å². The summed E-state index contributed by atoms with van der Waals surface area (Å²) in [5, 5.41) is 3.29. The summed E-state index contributed by atoms with van der Waals surface area (Å²) in [6, 6.07) is 12.0. The molecule has 88 valence electrons. The fourth-order valence-electron chi connectivity index (χ4n) is 1.58. The minimum Gasteiger partial charge on any atom is -0.340 e. The predicted molar refractivity (Wildman–Crippen MR) is 70.6 cm³/mol. The molecular formula is C14H17N3. The standard InChI is InChI=1S/C14H17N3/c1-10(2)14-15-11(3)9-13(17-14)16-12-7-5-4-6-8-12/h4-10H,1-3H3,(H,15,16,17). The van der Waals surface area contributed by atoms with E-state index in [0.717, 1.165) is 23.0 Å². The second-order valence-electron chi connectivity index (χ2n) is 4.40. The second kappa shape index (κ2) is 4.95. The molecule has 0 aliphatic rings. The number of para-hydroxylation sites is 1. The van der Waals surface area contributed by atoms with Crippen molar-refractivity contribution in [2.45, 2.75) is 26.7 Å². The molecule has 17 heavy (non-hydrogen) atoms. The van der Waals surface area contributed by atoms with Crippen molar-refractivity contribution >= 4 is 11.5 Å². The minimum absolute atomic E-state index is 0.339. The fraction of sp³-hybridized carbons (Fsp3) is 0.286. The Morgan fingerprint density at radius 3 is 2.41 bits per heavy atom. The molecule has 1 heterocycles. The summed E-state index contributed by atoms with van der Waals surface area (Å²) in [5.41, 5.74) is 2.03. The molecule has 2 aromatic rings. The maximum atomic E-state index is 4.51. The smallest absolute Gasteiger partial charge is 0.134 e. The first-order valence-electron chi connectivity index (χ1n) is 5.83. The number of rotatable bonds is 3. The van der Waals surface area contributed by atoms with Crippen molar-refractivity contribution in [3.05, 3.63) is 47.9 Å². The van der Waals surface area contributed by atoms with Crippen molar-refractivity contribution in [3.63, 3.8) is 0 Å². The van der Waals surface area contributed by atoms with Gasteiger partial charge in [0.2, 0.25) is 0 Å². The zero-order valence-corrected chi connectivity index (χ0v) is 10.4. The van der Waals surface area contributed by atoms with Crippen molar-refractivity contribution in [1.29, 1.82) is 0 Å². The lowest BCUT2D eigenvalue weighted by molar-refractivity contribution is 0.768. The summed E-state index contributed by atoms with van der Waals surface area (Å²) in [7, 11) is 0. The lowest BCUT2D eigenvalue weighted by Gasteiger charge is -2.10. The van der Waals surface area contributed by atoms with E-state index in [2.05, 4.69) is 29.1 Å². The van der Waals surface area contributed by atoms with Gasteiger partial charge >= 0.3 is 0 Å². The van der Waals surface area contributed by atoms with Crippen LogP contribution >= 0.6 is 0 Å². The minimum atomic E-state index is 0.339. The van der Waals surface area contributed by atoms with Crippen molar-refractivity contribution in [2.24, 2.45) is 0 Å². The van der Waals surface area contributed by atoms with E-state index in [-0.39, 0.29) is 0 Å². The summed E-state index contributed by atoms with van der Waals surface area (Å²) in [6.45, 7) is 6.19. The van der Waals surface area contributed by atoms with E-state index >= 15 is 0 Å². The van der Waals surface area contributed by atoms with E-state index < -0.39 is 0 Å². The maximum absolute atomic E-state index is 4.51. The molecule has 1 aromatic heterocycles. The van der Waals surface area contributed by atoms with Gasteiger partial charge in [-0.25, -0.2) is 9.97 Å². The molecule has 0 amide bonds. The molecule has 3 nitrogen and oxygen atoms in total. The topological polar surface area (TPSA) is 37.8 Å². The molecule has 0 aliphatic carbocycles. The van der Waals surface area contributed by atoms with Crippen molar-refractivity contribution in [2.75, 3.05) is 5.32 Å². The van der Waals surface area contributed by atoms with Gasteiger partial charge in [0.15, 0.2) is 0 Å². The summed E-state index contributed by atoms with van der Waals surface area (Å²) in [4.78, 5) is 8.93. The number of anilines is 2. The van der Waals surface area contributed by atoms with Gasteiger partial charge in [-0.15, -0.1) is 0 Å². The maximum Gasteiger partial charge on any atom is 0.134 e. The third-order valence-corrected chi connectivity index (χ3v) is 2.43. The van der Waals surface area contributed by atoms with E-state index in [0.29, 0.717) is 5.92 Å². The van der Waals surface area contributed by atoms with E-state index in [1.54, 1.807) is 0 Å². The van der Waals surface area contributed by atoms with Crippen molar-refractivity contribution in [3.8, 4) is 0 Å². The van der Waals surface area contributed by atoms with Crippen LogP contribution in [0.3, 0.4) is 0 Å². The predicted octanol–water partition coefficient (Wildman–Crippen LogP) is 3.65. The van der Waals surface area contributed by atoms with Crippen molar-refractivity contribution < 1.29 is 0 Å². The number of aryl methyl sites for hydroxylation is 1. The highest BCUT2D eigenvalue weighted by Gasteiger charge is 2.06. The Hall–Kier alpha value is -1.90. The largest absolute Gasteiger partial charge is 0.340 e. The molecule has 0 saturated heterocycles. The van der Waals surface area contributed by atoms with Gasteiger partial charge in [0.1, 0.15) is 11.6 Å². The molecule has 0 atom stereocenters. The molecule has 0 saturated carbocycles. The molecule has 3 heteroatoms. The van der Waals surface area contributed by atoms with Gasteiger partial charge in [-0.1, -0.05) is 32.0 Å². The summed E-state index contributed by atoms with van der Waals surface area (Å²) < 4.78 is 0. The van der Waals surface area contributed by atoms with Crippen LogP contribution in [0.1, 0.15) is 31.3 Å². The van der Waals surface area contributed by atoms with Gasteiger partial charge in [0.25, 0.3) is 0 Å².